The molecule has 0 aliphatic heterocycles. The summed E-state index contributed by atoms with van der Waals surface area (Å²) in [4.78, 5) is 11.1. The smallest absolute Gasteiger partial charge is 0.259 e. The van der Waals surface area contributed by atoms with Crippen molar-refractivity contribution in [1.82, 2.24) is 4.57 Å². The molecule has 0 fully saturated rings. The van der Waals surface area contributed by atoms with E-state index in [2.05, 4.69) is 5.16 Å². The highest BCUT2D eigenvalue weighted by molar-refractivity contribution is 5.78. The highest BCUT2D eigenvalue weighted by atomic mass is 16.4. The quantitative estimate of drug-likeness (QED) is 0.355. The van der Waals surface area contributed by atoms with Crippen LogP contribution in [0.15, 0.2) is 28.3 Å². The summed E-state index contributed by atoms with van der Waals surface area (Å²) in [6.45, 7) is 0. The average Bonchev–Trinajstić information content (AvgIpc) is 1.99. The van der Waals surface area contributed by atoms with E-state index in [1.807, 2.05) is 0 Å². The molecule has 1 aromatic rings. The first-order valence-electron chi connectivity index (χ1n) is 3.09. The minimum atomic E-state index is -0.176. The maximum Gasteiger partial charge on any atom is 0.259 e. The van der Waals surface area contributed by atoms with Crippen molar-refractivity contribution in [2.24, 2.45) is 12.2 Å². The molecular weight excluding hydrogens is 144 g/mol. The summed E-state index contributed by atoms with van der Waals surface area (Å²) < 4.78 is 1.41. The van der Waals surface area contributed by atoms with E-state index in [0.717, 1.165) is 6.21 Å². The Morgan fingerprint density at radius 3 is 3.09 bits per heavy atom. The van der Waals surface area contributed by atoms with Crippen LogP contribution in [-0.4, -0.2) is 16.0 Å². The van der Waals surface area contributed by atoms with Crippen molar-refractivity contribution >= 4 is 6.21 Å². The van der Waals surface area contributed by atoms with Crippen molar-refractivity contribution in [2.45, 2.75) is 0 Å². The molecule has 11 heavy (non-hydrogen) atoms. The zero-order chi connectivity index (χ0) is 8.27. The molecule has 58 valence electrons. The normalized spacial score (nSPS) is 10.6. The second-order valence-corrected chi connectivity index (χ2v) is 2.12. The molecule has 0 aliphatic rings. The standard InChI is InChI=1S/C7H8N2O2/c1-9-4-2-3-6(5-8-11)7(9)10/h2-5,11H,1H3/b8-5+. The van der Waals surface area contributed by atoms with E-state index in [0.29, 0.717) is 5.56 Å². The van der Waals surface area contributed by atoms with E-state index in [1.165, 1.54) is 4.57 Å². The maximum atomic E-state index is 11.1. The predicted octanol–water partition coefficient (Wildman–Crippen LogP) is 0.193. The lowest BCUT2D eigenvalue weighted by molar-refractivity contribution is 0.322. The molecule has 0 amide bonds. The summed E-state index contributed by atoms with van der Waals surface area (Å²) in [5.41, 5.74) is 0.197. The number of hydrogen-bond acceptors (Lipinski definition) is 3. The van der Waals surface area contributed by atoms with E-state index in [1.54, 1.807) is 25.4 Å². The summed E-state index contributed by atoms with van der Waals surface area (Å²) in [6.07, 6.45) is 2.75. The third-order valence-corrected chi connectivity index (χ3v) is 1.35. The second-order valence-electron chi connectivity index (χ2n) is 2.12. The number of aromatic nitrogens is 1. The summed E-state index contributed by atoms with van der Waals surface area (Å²) in [5.74, 6) is 0. The van der Waals surface area contributed by atoms with Gasteiger partial charge in [0.05, 0.1) is 11.8 Å². The molecule has 0 aromatic carbocycles. The molecule has 4 nitrogen and oxygen atoms in total. The van der Waals surface area contributed by atoms with Gasteiger partial charge >= 0.3 is 0 Å². The van der Waals surface area contributed by atoms with Crippen LogP contribution in [0.5, 0.6) is 0 Å². The number of aryl methyl sites for hydroxylation is 1. The summed E-state index contributed by atoms with van der Waals surface area (Å²) in [7, 11) is 1.64. The van der Waals surface area contributed by atoms with Crippen LogP contribution in [0.2, 0.25) is 0 Å². The lowest BCUT2D eigenvalue weighted by atomic mass is 10.3. The van der Waals surface area contributed by atoms with Gasteiger partial charge in [-0.25, -0.2) is 0 Å². The summed E-state index contributed by atoms with van der Waals surface area (Å²) in [6, 6.07) is 3.29. The molecule has 0 saturated carbocycles. The van der Waals surface area contributed by atoms with Crippen LogP contribution in [0.25, 0.3) is 0 Å². The maximum absolute atomic E-state index is 11.1. The van der Waals surface area contributed by atoms with Gasteiger partial charge in [-0.15, -0.1) is 0 Å². The Morgan fingerprint density at radius 1 is 1.73 bits per heavy atom. The first-order chi connectivity index (χ1) is 5.25. The van der Waals surface area contributed by atoms with Crippen LogP contribution in [0, 0.1) is 0 Å². The average molecular weight is 152 g/mol. The zero-order valence-electron chi connectivity index (χ0n) is 6.06. The van der Waals surface area contributed by atoms with E-state index in [4.69, 9.17) is 5.21 Å². The van der Waals surface area contributed by atoms with Gasteiger partial charge < -0.3 is 9.77 Å². The number of hydrogen-bond donors (Lipinski definition) is 1. The van der Waals surface area contributed by atoms with Gasteiger partial charge in [-0.05, 0) is 12.1 Å². The third kappa shape index (κ3) is 1.46. The molecule has 4 heteroatoms. The molecule has 0 unspecified atom stereocenters. The van der Waals surface area contributed by atoms with Crippen LogP contribution in [0.4, 0.5) is 0 Å². The molecule has 1 aromatic heterocycles. The number of rotatable bonds is 1. The fraction of sp³-hybridized carbons (Fsp3) is 0.143. The van der Waals surface area contributed by atoms with Crippen LogP contribution >= 0.6 is 0 Å². The Bertz CT molecular complexity index is 327. The van der Waals surface area contributed by atoms with Crippen LogP contribution in [0.3, 0.4) is 0 Å². The lowest BCUT2D eigenvalue weighted by Gasteiger charge is -1.95. The minimum Gasteiger partial charge on any atom is -0.411 e. The fourth-order valence-electron chi connectivity index (χ4n) is 0.779. The fourth-order valence-corrected chi connectivity index (χ4v) is 0.779. The molecule has 1 N–H and O–H groups in total. The number of oxime groups is 1. The summed E-state index contributed by atoms with van der Waals surface area (Å²) in [5, 5.41) is 10.9. The molecule has 0 aliphatic carbocycles. The van der Waals surface area contributed by atoms with Gasteiger partial charge in [-0.2, -0.15) is 0 Å². The van der Waals surface area contributed by atoms with Crippen LogP contribution in [-0.2, 0) is 7.05 Å². The van der Waals surface area contributed by atoms with Crippen molar-refractivity contribution in [3.8, 4) is 0 Å². The third-order valence-electron chi connectivity index (χ3n) is 1.35. The molecule has 0 spiro atoms. The highest BCUT2D eigenvalue weighted by Crippen LogP contribution is 1.85. The van der Waals surface area contributed by atoms with Crippen LogP contribution < -0.4 is 5.56 Å². The first-order valence-corrected chi connectivity index (χ1v) is 3.09. The van der Waals surface area contributed by atoms with E-state index < -0.39 is 0 Å². The van der Waals surface area contributed by atoms with Crippen molar-refractivity contribution in [3.63, 3.8) is 0 Å². The first kappa shape index (κ1) is 7.53. The van der Waals surface area contributed by atoms with Crippen molar-refractivity contribution in [1.29, 1.82) is 0 Å². The number of nitrogens with zero attached hydrogens (tertiary/aromatic N) is 2. The van der Waals surface area contributed by atoms with Crippen LogP contribution in [0.1, 0.15) is 5.56 Å². The monoisotopic (exact) mass is 152 g/mol. The van der Waals surface area contributed by atoms with Crippen molar-refractivity contribution in [3.05, 3.63) is 34.2 Å². The Kier molecular flexibility index (Phi) is 2.06. The van der Waals surface area contributed by atoms with E-state index in [-0.39, 0.29) is 5.56 Å². The van der Waals surface area contributed by atoms with Gasteiger partial charge in [0.15, 0.2) is 0 Å². The summed E-state index contributed by atoms with van der Waals surface area (Å²) >= 11 is 0. The van der Waals surface area contributed by atoms with E-state index >= 15 is 0 Å². The molecule has 1 rings (SSSR count). The van der Waals surface area contributed by atoms with Crippen molar-refractivity contribution in [2.75, 3.05) is 0 Å². The minimum absolute atomic E-state index is 0.176. The van der Waals surface area contributed by atoms with Gasteiger partial charge in [-0.3, -0.25) is 4.79 Å². The SMILES string of the molecule is Cn1cccc(/C=N/O)c1=O. The Morgan fingerprint density at radius 2 is 2.45 bits per heavy atom. The number of pyridine rings is 1. The molecule has 0 atom stereocenters. The second kappa shape index (κ2) is 3.01. The van der Waals surface area contributed by atoms with E-state index in [9.17, 15) is 4.79 Å². The Balaban J connectivity index is 3.28. The van der Waals surface area contributed by atoms with Gasteiger partial charge in [-0.1, -0.05) is 5.16 Å². The largest absolute Gasteiger partial charge is 0.411 e. The Hall–Kier alpha value is -1.58. The molecule has 0 saturated heterocycles. The topological polar surface area (TPSA) is 54.6 Å². The molecule has 1 heterocycles. The van der Waals surface area contributed by atoms with Gasteiger partial charge in [0.25, 0.3) is 5.56 Å². The molecular formula is C7H8N2O2. The van der Waals surface area contributed by atoms with Gasteiger partial charge in [0.1, 0.15) is 0 Å². The zero-order valence-corrected chi connectivity index (χ0v) is 6.06. The van der Waals surface area contributed by atoms with Gasteiger partial charge in [0.2, 0.25) is 0 Å². The predicted molar refractivity (Wildman–Crippen MR) is 41.1 cm³/mol. The Labute approximate surface area is 63.4 Å². The lowest BCUT2D eigenvalue weighted by Crippen LogP contribution is -2.19. The molecule has 0 radical (unpaired) electrons. The van der Waals surface area contributed by atoms with Crippen molar-refractivity contribution < 1.29 is 5.21 Å². The molecule has 0 bridgehead atoms. The van der Waals surface area contributed by atoms with Gasteiger partial charge in [0, 0.05) is 13.2 Å². The highest BCUT2D eigenvalue weighted by Gasteiger charge is 1.95.